The first-order valence-corrected chi connectivity index (χ1v) is 5.97. The van der Waals surface area contributed by atoms with E-state index in [1.54, 1.807) is 0 Å². The molecule has 0 bridgehead atoms. The van der Waals surface area contributed by atoms with Crippen LogP contribution in [0.25, 0.3) is 0 Å². The molecule has 1 fully saturated rings. The van der Waals surface area contributed by atoms with Crippen molar-refractivity contribution in [2.24, 2.45) is 5.92 Å². The van der Waals surface area contributed by atoms with E-state index in [4.69, 9.17) is 0 Å². The van der Waals surface area contributed by atoms with Crippen LogP contribution in [0.1, 0.15) is 34.6 Å². The van der Waals surface area contributed by atoms with Crippen LogP contribution in [0.2, 0.25) is 0 Å². The summed E-state index contributed by atoms with van der Waals surface area (Å²) in [5.41, 5.74) is 0. The van der Waals surface area contributed by atoms with Crippen molar-refractivity contribution in [2.45, 2.75) is 46.7 Å². The largest absolute Gasteiger partial charge is 0.340 e. The molecule has 1 saturated heterocycles. The van der Waals surface area contributed by atoms with Gasteiger partial charge >= 0.3 is 0 Å². The van der Waals surface area contributed by atoms with Crippen molar-refractivity contribution in [1.29, 1.82) is 0 Å². The van der Waals surface area contributed by atoms with Gasteiger partial charge < -0.3 is 4.90 Å². The molecule has 1 heterocycles. The fourth-order valence-corrected chi connectivity index (χ4v) is 2.06. The van der Waals surface area contributed by atoms with Crippen molar-refractivity contribution in [3.63, 3.8) is 0 Å². The zero-order valence-corrected chi connectivity index (χ0v) is 11.0. The molecule has 1 aliphatic heterocycles. The zero-order valence-electron chi connectivity index (χ0n) is 11.0. The van der Waals surface area contributed by atoms with E-state index in [1.807, 2.05) is 18.7 Å². The lowest BCUT2D eigenvalue weighted by molar-refractivity contribution is -0.124. The second kappa shape index (κ2) is 6.83. The number of likely N-dealkylation sites (N-methyl/N-ethyl adjacent to an activating group) is 1. The molecular weight excluding hydrogens is 188 g/mol. The van der Waals surface area contributed by atoms with Crippen molar-refractivity contribution in [2.75, 3.05) is 20.1 Å². The summed E-state index contributed by atoms with van der Waals surface area (Å²) in [7, 11) is 2.14. The van der Waals surface area contributed by atoms with Crippen LogP contribution in [0.4, 0.5) is 0 Å². The van der Waals surface area contributed by atoms with Gasteiger partial charge in [-0.2, -0.15) is 0 Å². The molecule has 3 heteroatoms. The van der Waals surface area contributed by atoms with Crippen LogP contribution in [0.15, 0.2) is 0 Å². The Labute approximate surface area is 94.4 Å². The lowest BCUT2D eigenvalue weighted by Crippen LogP contribution is -2.57. The van der Waals surface area contributed by atoms with Gasteiger partial charge in [0, 0.05) is 25.2 Å². The second-order valence-electron chi connectivity index (χ2n) is 4.40. The minimum Gasteiger partial charge on any atom is -0.340 e. The van der Waals surface area contributed by atoms with Gasteiger partial charge in [-0.05, 0) is 19.9 Å². The molecule has 2 atom stereocenters. The second-order valence-corrected chi connectivity index (χ2v) is 4.40. The highest BCUT2D eigenvalue weighted by Crippen LogP contribution is 2.17. The van der Waals surface area contributed by atoms with Crippen molar-refractivity contribution >= 4 is 6.41 Å². The van der Waals surface area contributed by atoms with Crippen LogP contribution >= 0.6 is 0 Å². The summed E-state index contributed by atoms with van der Waals surface area (Å²) in [6.07, 6.45) is 0.979. The normalized spacial score (nSPS) is 27.3. The number of hydrogen-bond acceptors (Lipinski definition) is 2. The maximum Gasteiger partial charge on any atom is 0.210 e. The Kier molecular flexibility index (Phi) is 6.57. The minimum absolute atomic E-state index is 0.359. The smallest absolute Gasteiger partial charge is 0.210 e. The number of rotatable bonds is 2. The van der Waals surface area contributed by atoms with E-state index < -0.39 is 0 Å². The number of carbonyl (C=O) groups is 1. The van der Waals surface area contributed by atoms with Crippen LogP contribution in [0.5, 0.6) is 0 Å². The maximum atomic E-state index is 10.8. The molecular formula is C12H26N2O. The number of carbonyl (C=O) groups excluding carboxylic acids is 1. The van der Waals surface area contributed by atoms with Gasteiger partial charge in [0.25, 0.3) is 0 Å². The van der Waals surface area contributed by atoms with Crippen molar-refractivity contribution in [1.82, 2.24) is 9.80 Å². The maximum absolute atomic E-state index is 10.8. The van der Waals surface area contributed by atoms with E-state index in [1.165, 1.54) is 0 Å². The first-order valence-electron chi connectivity index (χ1n) is 5.97. The summed E-state index contributed by atoms with van der Waals surface area (Å²) < 4.78 is 0. The molecule has 15 heavy (non-hydrogen) atoms. The first kappa shape index (κ1) is 14.4. The zero-order chi connectivity index (χ0) is 12.0. The average molecular weight is 214 g/mol. The third-order valence-electron chi connectivity index (χ3n) is 2.99. The highest BCUT2D eigenvalue weighted by molar-refractivity contribution is 5.48. The monoisotopic (exact) mass is 214 g/mol. The first-order chi connectivity index (χ1) is 7.06. The summed E-state index contributed by atoms with van der Waals surface area (Å²) in [5.74, 6) is 0.611. The van der Waals surface area contributed by atoms with Gasteiger partial charge in [0.2, 0.25) is 6.41 Å². The third-order valence-corrected chi connectivity index (χ3v) is 2.99. The summed E-state index contributed by atoms with van der Waals surface area (Å²) in [4.78, 5) is 15.0. The Morgan fingerprint density at radius 2 is 1.80 bits per heavy atom. The Hall–Kier alpha value is -0.570. The molecule has 0 N–H and O–H groups in total. The molecule has 0 aromatic heterocycles. The summed E-state index contributed by atoms with van der Waals surface area (Å²) in [6, 6.07) is 0.874. The molecule has 0 aromatic rings. The molecule has 1 amide bonds. The Morgan fingerprint density at radius 1 is 1.27 bits per heavy atom. The Balaban J connectivity index is 0.000000921. The van der Waals surface area contributed by atoms with Crippen LogP contribution in [0, 0.1) is 5.92 Å². The van der Waals surface area contributed by atoms with E-state index in [9.17, 15) is 4.79 Å². The SMILES string of the molecule is CC.CC(C)C1CN(C=O)C(C)CN1C. The highest BCUT2D eigenvalue weighted by Gasteiger charge is 2.29. The summed E-state index contributed by atoms with van der Waals surface area (Å²) in [6.45, 7) is 12.4. The predicted octanol–water partition coefficient (Wildman–Crippen LogP) is 1.83. The molecule has 0 aliphatic carbocycles. The fraction of sp³-hybridized carbons (Fsp3) is 0.917. The van der Waals surface area contributed by atoms with Gasteiger partial charge in [0.15, 0.2) is 0 Å². The van der Waals surface area contributed by atoms with E-state index >= 15 is 0 Å². The van der Waals surface area contributed by atoms with Crippen LogP contribution in [-0.4, -0.2) is 48.4 Å². The Morgan fingerprint density at radius 3 is 2.20 bits per heavy atom. The lowest BCUT2D eigenvalue weighted by Gasteiger charge is -2.43. The molecule has 0 saturated carbocycles. The number of piperazine rings is 1. The highest BCUT2D eigenvalue weighted by atomic mass is 16.1. The molecule has 2 unspecified atom stereocenters. The molecule has 1 aliphatic rings. The van der Waals surface area contributed by atoms with Gasteiger partial charge in [-0.3, -0.25) is 9.69 Å². The molecule has 1 rings (SSSR count). The summed E-state index contributed by atoms with van der Waals surface area (Å²) >= 11 is 0. The third kappa shape index (κ3) is 3.82. The molecule has 0 aromatic carbocycles. The Bertz CT molecular complexity index is 182. The fourth-order valence-electron chi connectivity index (χ4n) is 2.06. The van der Waals surface area contributed by atoms with Crippen molar-refractivity contribution in [3.05, 3.63) is 0 Å². The molecule has 3 nitrogen and oxygen atoms in total. The average Bonchev–Trinajstić information content (AvgIpc) is 2.20. The molecule has 0 radical (unpaired) electrons. The number of amides is 1. The van der Waals surface area contributed by atoms with Gasteiger partial charge in [0.05, 0.1) is 0 Å². The topological polar surface area (TPSA) is 23.6 Å². The van der Waals surface area contributed by atoms with Crippen molar-refractivity contribution < 1.29 is 4.79 Å². The standard InChI is InChI=1S/C10H20N2O.C2H6/c1-8(2)10-6-12(7-13)9(3)5-11(10)4;1-2/h7-10H,5-6H2,1-4H3;1-2H3. The van der Waals surface area contributed by atoms with Crippen LogP contribution in [-0.2, 0) is 4.79 Å². The van der Waals surface area contributed by atoms with E-state index in [-0.39, 0.29) is 0 Å². The molecule has 90 valence electrons. The van der Waals surface area contributed by atoms with Crippen LogP contribution < -0.4 is 0 Å². The van der Waals surface area contributed by atoms with E-state index in [0.717, 1.165) is 19.5 Å². The van der Waals surface area contributed by atoms with Crippen molar-refractivity contribution in [3.8, 4) is 0 Å². The summed E-state index contributed by atoms with van der Waals surface area (Å²) in [5, 5.41) is 0. The van der Waals surface area contributed by atoms with E-state index in [0.29, 0.717) is 18.0 Å². The van der Waals surface area contributed by atoms with E-state index in [2.05, 4.69) is 32.7 Å². The van der Waals surface area contributed by atoms with Crippen LogP contribution in [0.3, 0.4) is 0 Å². The lowest BCUT2D eigenvalue weighted by atomic mass is 9.98. The van der Waals surface area contributed by atoms with Gasteiger partial charge in [-0.25, -0.2) is 0 Å². The van der Waals surface area contributed by atoms with Gasteiger partial charge in [-0.15, -0.1) is 0 Å². The predicted molar refractivity (Wildman–Crippen MR) is 64.8 cm³/mol. The molecule has 0 spiro atoms. The minimum atomic E-state index is 0.359. The number of hydrogen-bond donors (Lipinski definition) is 0. The quantitative estimate of drug-likeness (QED) is 0.655. The number of nitrogens with zero attached hydrogens (tertiary/aromatic N) is 2. The van der Waals surface area contributed by atoms with Gasteiger partial charge in [-0.1, -0.05) is 27.7 Å². The van der Waals surface area contributed by atoms with Gasteiger partial charge in [0.1, 0.15) is 0 Å².